The minimum atomic E-state index is -0.487. The van der Waals surface area contributed by atoms with Crippen molar-refractivity contribution in [3.05, 3.63) is 33.9 Å². The van der Waals surface area contributed by atoms with Crippen molar-refractivity contribution >= 4 is 11.4 Å². The van der Waals surface area contributed by atoms with E-state index in [2.05, 4.69) is 5.32 Å². The van der Waals surface area contributed by atoms with Gasteiger partial charge in [-0.05, 0) is 37.3 Å². The average Bonchev–Trinajstić information content (AvgIpc) is 2.45. The summed E-state index contributed by atoms with van der Waals surface area (Å²) < 4.78 is 0. The molecule has 1 aliphatic carbocycles. The van der Waals surface area contributed by atoms with Crippen LogP contribution in [0, 0.1) is 27.4 Å². The predicted molar refractivity (Wildman–Crippen MR) is 74.3 cm³/mol. The maximum Gasteiger partial charge on any atom is 0.293 e. The molecule has 0 saturated heterocycles. The molecule has 6 nitrogen and oxygen atoms in total. The average molecular weight is 275 g/mol. The Morgan fingerprint density at radius 1 is 1.50 bits per heavy atom. The maximum absolute atomic E-state index is 11.0. The largest absolute Gasteiger partial charge is 0.393 e. The van der Waals surface area contributed by atoms with Crippen LogP contribution in [0.15, 0.2) is 18.2 Å². The van der Waals surface area contributed by atoms with Crippen LogP contribution in [0.2, 0.25) is 0 Å². The number of nitrogens with zero attached hydrogens (tertiary/aromatic N) is 2. The van der Waals surface area contributed by atoms with Crippen LogP contribution in [0.5, 0.6) is 0 Å². The Labute approximate surface area is 117 Å². The molecule has 1 aromatic carbocycles. The highest BCUT2D eigenvalue weighted by atomic mass is 16.6. The fraction of sp³-hybridized carbons (Fsp3) is 0.500. The molecule has 2 N–H and O–H groups in total. The molecule has 20 heavy (non-hydrogen) atoms. The van der Waals surface area contributed by atoms with E-state index in [4.69, 9.17) is 5.26 Å². The Bertz CT molecular complexity index is 539. The number of aliphatic hydroxyl groups is 1. The molecule has 1 fully saturated rings. The van der Waals surface area contributed by atoms with E-state index in [0.29, 0.717) is 18.2 Å². The number of hydrogen-bond donors (Lipinski definition) is 2. The highest BCUT2D eigenvalue weighted by Crippen LogP contribution is 2.28. The zero-order chi connectivity index (χ0) is 14.5. The first kappa shape index (κ1) is 14.3. The first-order valence-electron chi connectivity index (χ1n) is 6.70. The molecule has 0 aromatic heterocycles. The summed E-state index contributed by atoms with van der Waals surface area (Å²) in [5.74, 6) is 0.328. The van der Waals surface area contributed by atoms with Gasteiger partial charge in [0.1, 0.15) is 5.69 Å². The summed E-state index contributed by atoms with van der Waals surface area (Å²) in [4.78, 5) is 10.5. The lowest BCUT2D eigenvalue weighted by Crippen LogP contribution is -2.25. The molecule has 1 aliphatic rings. The summed E-state index contributed by atoms with van der Waals surface area (Å²) in [6, 6.07) is 6.30. The van der Waals surface area contributed by atoms with Crippen molar-refractivity contribution < 1.29 is 10.0 Å². The summed E-state index contributed by atoms with van der Waals surface area (Å²) in [6.45, 7) is 0.601. The number of rotatable bonds is 4. The van der Waals surface area contributed by atoms with E-state index in [9.17, 15) is 15.2 Å². The maximum atomic E-state index is 11.0. The molecule has 0 aliphatic heterocycles. The van der Waals surface area contributed by atoms with Crippen LogP contribution in [0.3, 0.4) is 0 Å². The van der Waals surface area contributed by atoms with E-state index in [1.165, 1.54) is 6.07 Å². The van der Waals surface area contributed by atoms with E-state index in [-0.39, 0.29) is 17.4 Å². The number of anilines is 1. The summed E-state index contributed by atoms with van der Waals surface area (Å²) in [5.41, 5.74) is 0.616. The molecule has 2 atom stereocenters. The molecular formula is C14H17N3O3. The number of nitro benzene ring substituents is 1. The highest BCUT2D eigenvalue weighted by Gasteiger charge is 2.21. The van der Waals surface area contributed by atoms with Crippen LogP contribution in [0.4, 0.5) is 11.4 Å². The summed E-state index contributed by atoms with van der Waals surface area (Å²) in [5, 5.41) is 32.5. The molecule has 0 bridgehead atoms. The van der Waals surface area contributed by atoms with Gasteiger partial charge in [0.15, 0.2) is 0 Å². The second-order valence-corrected chi connectivity index (χ2v) is 5.17. The smallest absolute Gasteiger partial charge is 0.293 e. The van der Waals surface area contributed by atoms with Gasteiger partial charge in [0.25, 0.3) is 5.69 Å². The topological polar surface area (TPSA) is 99.2 Å². The van der Waals surface area contributed by atoms with E-state index in [1.54, 1.807) is 12.1 Å². The first-order valence-corrected chi connectivity index (χ1v) is 6.70. The lowest BCUT2D eigenvalue weighted by Gasteiger charge is -2.26. The van der Waals surface area contributed by atoms with Gasteiger partial charge in [0.2, 0.25) is 0 Å². The SMILES string of the molecule is N#Cc1ccc(NCC2CCCC(O)C2)c([N+](=O)[O-])c1. The molecule has 0 radical (unpaired) electrons. The second kappa shape index (κ2) is 6.35. The van der Waals surface area contributed by atoms with Crippen molar-refractivity contribution in [2.24, 2.45) is 5.92 Å². The molecule has 1 aromatic rings. The van der Waals surface area contributed by atoms with Crippen molar-refractivity contribution in [3.8, 4) is 6.07 Å². The van der Waals surface area contributed by atoms with Gasteiger partial charge in [-0.2, -0.15) is 5.26 Å². The molecule has 1 saturated carbocycles. The second-order valence-electron chi connectivity index (χ2n) is 5.17. The molecule has 0 heterocycles. The van der Waals surface area contributed by atoms with Crippen molar-refractivity contribution in [2.45, 2.75) is 31.8 Å². The summed E-state index contributed by atoms with van der Waals surface area (Å²) in [7, 11) is 0. The van der Waals surface area contributed by atoms with Gasteiger partial charge in [0.05, 0.1) is 22.7 Å². The van der Waals surface area contributed by atoms with Crippen LogP contribution in [0.1, 0.15) is 31.2 Å². The highest BCUT2D eigenvalue weighted by molar-refractivity contribution is 5.64. The molecule has 106 valence electrons. The van der Waals surface area contributed by atoms with Gasteiger partial charge in [-0.3, -0.25) is 10.1 Å². The monoisotopic (exact) mass is 275 g/mol. The van der Waals surface area contributed by atoms with Crippen molar-refractivity contribution in [3.63, 3.8) is 0 Å². The number of hydrogen-bond acceptors (Lipinski definition) is 5. The third kappa shape index (κ3) is 3.45. The Morgan fingerprint density at radius 3 is 2.95 bits per heavy atom. The number of benzene rings is 1. The number of nitro groups is 1. The van der Waals surface area contributed by atoms with Crippen LogP contribution in [-0.4, -0.2) is 22.7 Å². The zero-order valence-corrected chi connectivity index (χ0v) is 11.1. The molecule has 0 spiro atoms. The van der Waals surface area contributed by atoms with Crippen molar-refractivity contribution in [1.29, 1.82) is 5.26 Å². The van der Waals surface area contributed by atoms with Crippen LogP contribution < -0.4 is 5.32 Å². The van der Waals surface area contributed by atoms with Gasteiger partial charge in [-0.1, -0.05) is 6.42 Å². The summed E-state index contributed by atoms with van der Waals surface area (Å²) in [6.07, 6.45) is 3.33. The molecule has 2 unspecified atom stereocenters. The van der Waals surface area contributed by atoms with E-state index in [0.717, 1.165) is 25.7 Å². The summed E-state index contributed by atoms with van der Waals surface area (Å²) >= 11 is 0. The molecule has 0 amide bonds. The Balaban J connectivity index is 2.05. The van der Waals surface area contributed by atoms with E-state index < -0.39 is 4.92 Å². The normalized spacial score (nSPS) is 22.0. The van der Waals surface area contributed by atoms with Crippen LogP contribution >= 0.6 is 0 Å². The van der Waals surface area contributed by atoms with E-state index in [1.807, 2.05) is 6.07 Å². The molecule has 2 rings (SSSR count). The zero-order valence-electron chi connectivity index (χ0n) is 11.1. The minimum Gasteiger partial charge on any atom is -0.393 e. The van der Waals surface area contributed by atoms with Crippen molar-refractivity contribution in [2.75, 3.05) is 11.9 Å². The van der Waals surface area contributed by atoms with Crippen LogP contribution in [-0.2, 0) is 0 Å². The number of nitriles is 1. The van der Waals surface area contributed by atoms with Gasteiger partial charge in [-0.25, -0.2) is 0 Å². The molecular weight excluding hydrogens is 258 g/mol. The Hall–Kier alpha value is -2.13. The van der Waals surface area contributed by atoms with E-state index >= 15 is 0 Å². The Kier molecular flexibility index (Phi) is 4.53. The predicted octanol–water partition coefficient (Wildman–Crippen LogP) is 2.43. The lowest BCUT2D eigenvalue weighted by molar-refractivity contribution is -0.384. The standard InChI is InChI=1S/C14H17N3O3/c15-8-10-4-5-13(14(7-10)17(19)20)16-9-11-2-1-3-12(18)6-11/h4-5,7,11-12,16,18H,1-3,6,9H2. The lowest BCUT2D eigenvalue weighted by atomic mass is 9.87. The van der Waals surface area contributed by atoms with Gasteiger partial charge >= 0.3 is 0 Å². The van der Waals surface area contributed by atoms with Gasteiger partial charge < -0.3 is 10.4 Å². The van der Waals surface area contributed by atoms with Gasteiger partial charge in [-0.15, -0.1) is 0 Å². The fourth-order valence-electron chi connectivity index (χ4n) is 2.60. The number of aliphatic hydroxyl groups excluding tert-OH is 1. The van der Waals surface area contributed by atoms with Gasteiger partial charge in [0, 0.05) is 12.6 Å². The third-order valence-electron chi connectivity index (χ3n) is 3.66. The van der Waals surface area contributed by atoms with Crippen molar-refractivity contribution in [1.82, 2.24) is 0 Å². The third-order valence-corrected chi connectivity index (χ3v) is 3.66. The fourth-order valence-corrected chi connectivity index (χ4v) is 2.60. The number of nitrogens with one attached hydrogen (secondary N) is 1. The minimum absolute atomic E-state index is 0.0830. The molecule has 6 heteroatoms. The van der Waals surface area contributed by atoms with Crippen LogP contribution in [0.25, 0.3) is 0 Å². The Morgan fingerprint density at radius 2 is 2.30 bits per heavy atom. The first-order chi connectivity index (χ1) is 9.60. The quantitative estimate of drug-likeness (QED) is 0.649.